The molecule has 1 atom stereocenters. The van der Waals surface area contributed by atoms with E-state index in [2.05, 4.69) is 0 Å². The average Bonchev–Trinajstić information content (AvgIpc) is 3.21. The summed E-state index contributed by atoms with van der Waals surface area (Å²) in [6, 6.07) is 4.98. The molecule has 1 aromatic carbocycles. The number of likely N-dealkylation sites (tertiary alicyclic amines) is 1. The molecule has 5 nitrogen and oxygen atoms in total. The van der Waals surface area contributed by atoms with Gasteiger partial charge in [0.25, 0.3) is 5.91 Å². The molecule has 1 spiro atoms. The Balaban J connectivity index is 1.71. The molecule has 22 heavy (non-hydrogen) atoms. The minimum absolute atomic E-state index is 0.0823. The summed E-state index contributed by atoms with van der Waals surface area (Å²) >= 11 is 5.97. The van der Waals surface area contributed by atoms with Crippen LogP contribution in [0.4, 0.5) is 0 Å². The van der Waals surface area contributed by atoms with Crippen LogP contribution in [0, 0.1) is 11.3 Å². The van der Waals surface area contributed by atoms with Gasteiger partial charge >= 0.3 is 5.97 Å². The molecule has 1 aliphatic carbocycles. The minimum atomic E-state index is -0.712. The van der Waals surface area contributed by atoms with E-state index in [1.807, 2.05) is 0 Å². The molecule has 0 radical (unpaired) electrons. The zero-order chi connectivity index (χ0) is 15.9. The van der Waals surface area contributed by atoms with E-state index < -0.39 is 5.97 Å². The lowest BCUT2D eigenvalue weighted by atomic mass is 9.90. The number of hydrogen-bond donors (Lipinski definition) is 1. The Morgan fingerprint density at radius 1 is 1.36 bits per heavy atom. The van der Waals surface area contributed by atoms with Crippen LogP contribution in [-0.2, 0) is 4.79 Å². The van der Waals surface area contributed by atoms with Crippen molar-refractivity contribution in [2.45, 2.75) is 19.3 Å². The quantitative estimate of drug-likeness (QED) is 0.928. The van der Waals surface area contributed by atoms with Crippen molar-refractivity contribution in [2.75, 3.05) is 20.2 Å². The summed E-state index contributed by atoms with van der Waals surface area (Å²) in [6.07, 6.45) is 2.24. The molecule has 2 fully saturated rings. The van der Waals surface area contributed by atoms with Gasteiger partial charge in [-0.05, 0) is 42.9 Å². The second-order valence-corrected chi connectivity index (χ2v) is 6.53. The predicted molar refractivity (Wildman–Crippen MR) is 81.3 cm³/mol. The first-order valence-corrected chi connectivity index (χ1v) is 7.70. The maximum atomic E-state index is 12.6. The number of benzene rings is 1. The molecule has 1 aliphatic heterocycles. The van der Waals surface area contributed by atoms with Crippen molar-refractivity contribution < 1.29 is 19.4 Å². The normalized spacial score (nSPS) is 22.5. The first-order valence-electron chi connectivity index (χ1n) is 7.32. The number of carbonyl (C=O) groups is 2. The third kappa shape index (κ3) is 2.54. The van der Waals surface area contributed by atoms with E-state index in [1.54, 1.807) is 23.1 Å². The van der Waals surface area contributed by atoms with Crippen molar-refractivity contribution in [3.05, 3.63) is 28.8 Å². The van der Waals surface area contributed by atoms with Crippen molar-refractivity contribution in [3.63, 3.8) is 0 Å². The Morgan fingerprint density at radius 3 is 2.59 bits per heavy atom. The first-order chi connectivity index (χ1) is 10.5. The fraction of sp³-hybridized carbons (Fsp3) is 0.500. The van der Waals surface area contributed by atoms with Gasteiger partial charge in [-0.25, -0.2) is 0 Å². The lowest BCUT2D eigenvalue weighted by molar-refractivity contribution is -0.139. The topological polar surface area (TPSA) is 66.8 Å². The number of aliphatic carboxylic acids is 1. The smallest absolute Gasteiger partial charge is 0.307 e. The van der Waals surface area contributed by atoms with Crippen molar-refractivity contribution in [1.82, 2.24) is 4.90 Å². The summed E-state index contributed by atoms with van der Waals surface area (Å²) in [5.74, 6) is -0.548. The molecule has 0 bridgehead atoms. The summed E-state index contributed by atoms with van der Waals surface area (Å²) in [5, 5.41) is 9.60. The number of piperidine rings is 1. The van der Waals surface area contributed by atoms with Gasteiger partial charge in [0.1, 0.15) is 5.75 Å². The van der Waals surface area contributed by atoms with Crippen molar-refractivity contribution >= 4 is 23.5 Å². The third-order valence-electron chi connectivity index (χ3n) is 4.93. The third-order valence-corrected chi connectivity index (χ3v) is 5.16. The molecule has 2 aliphatic rings. The number of nitrogens with zero attached hydrogens (tertiary/aromatic N) is 1. The van der Waals surface area contributed by atoms with E-state index in [-0.39, 0.29) is 17.2 Å². The number of carbonyl (C=O) groups excluding carboxylic acids is 1. The molecule has 1 unspecified atom stereocenters. The zero-order valence-corrected chi connectivity index (χ0v) is 13.1. The molecule has 1 saturated carbocycles. The fourth-order valence-corrected chi connectivity index (χ4v) is 3.59. The number of methoxy groups -OCH3 is 1. The second-order valence-electron chi connectivity index (χ2n) is 6.09. The molecule has 3 rings (SSSR count). The van der Waals surface area contributed by atoms with Crippen LogP contribution in [0.5, 0.6) is 5.75 Å². The zero-order valence-electron chi connectivity index (χ0n) is 12.3. The highest BCUT2D eigenvalue weighted by atomic mass is 35.5. The highest BCUT2D eigenvalue weighted by Crippen LogP contribution is 2.59. The fourth-order valence-electron chi connectivity index (χ4n) is 3.42. The van der Waals surface area contributed by atoms with Gasteiger partial charge in [0.05, 0.1) is 18.6 Å². The van der Waals surface area contributed by atoms with Crippen molar-refractivity contribution in [1.29, 1.82) is 0 Å². The van der Waals surface area contributed by atoms with Crippen molar-refractivity contribution in [3.8, 4) is 5.75 Å². The standard InChI is InChI=1S/C16H18ClNO4/c1-22-13-3-2-10(17)8-11(13)14(19)18-6-4-16(5-7-18)9-12(16)15(20)21/h2-3,8,12H,4-7,9H2,1H3,(H,20,21). The number of amides is 1. The first kappa shape index (κ1) is 15.2. The molecule has 1 N–H and O–H groups in total. The summed E-state index contributed by atoms with van der Waals surface area (Å²) in [7, 11) is 1.52. The molecule has 0 aromatic heterocycles. The van der Waals surface area contributed by atoms with Gasteiger partial charge in [-0.1, -0.05) is 11.6 Å². The predicted octanol–water partition coefficient (Wildman–Crippen LogP) is 2.68. The number of ether oxygens (including phenoxy) is 1. The Bertz CT molecular complexity index is 623. The maximum absolute atomic E-state index is 12.6. The van der Waals surface area contributed by atoms with Gasteiger partial charge in [0, 0.05) is 18.1 Å². The lowest BCUT2D eigenvalue weighted by Gasteiger charge is -2.33. The SMILES string of the molecule is COc1ccc(Cl)cc1C(=O)N1CCC2(CC1)CC2C(=O)O. The molecule has 1 amide bonds. The molecule has 1 heterocycles. The minimum Gasteiger partial charge on any atom is -0.496 e. The highest BCUT2D eigenvalue weighted by Gasteiger charge is 2.59. The summed E-state index contributed by atoms with van der Waals surface area (Å²) in [4.78, 5) is 25.5. The van der Waals surface area contributed by atoms with E-state index in [0.717, 1.165) is 19.3 Å². The lowest BCUT2D eigenvalue weighted by Crippen LogP contribution is -2.40. The Kier molecular flexibility index (Phi) is 3.77. The number of carboxylic acids is 1. The molecular formula is C16H18ClNO4. The molecule has 1 aromatic rings. The van der Waals surface area contributed by atoms with Crippen LogP contribution in [0.15, 0.2) is 18.2 Å². The van der Waals surface area contributed by atoms with Gasteiger partial charge in [0.2, 0.25) is 0 Å². The monoisotopic (exact) mass is 323 g/mol. The summed E-state index contributed by atoms with van der Waals surface area (Å²) in [6.45, 7) is 1.16. The summed E-state index contributed by atoms with van der Waals surface area (Å²) in [5.41, 5.74) is 0.373. The Hall–Kier alpha value is -1.75. The van der Waals surface area contributed by atoms with E-state index >= 15 is 0 Å². The molecule has 6 heteroatoms. The van der Waals surface area contributed by atoms with Crippen LogP contribution in [-0.4, -0.2) is 42.1 Å². The highest BCUT2D eigenvalue weighted by molar-refractivity contribution is 6.31. The number of halogens is 1. The van der Waals surface area contributed by atoms with Crippen LogP contribution in [0.2, 0.25) is 5.02 Å². The van der Waals surface area contributed by atoms with Crippen LogP contribution >= 0.6 is 11.6 Å². The Morgan fingerprint density at radius 2 is 2.05 bits per heavy atom. The van der Waals surface area contributed by atoms with Crippen molar-refractivity contribution in [2.24, 2.45) is 11.3 Å². The van der Waals surface area contributed by atoms with Crippen LogP contribution in [0.1, 0.15) is 29.6 Å². The van der Waals surface area contributed by atoms with Gasteiger partial charge in [0.15, 0.2) is 0 Å². The van der Waals surface area contributed by atoms with Crippen LogP contribution in [0.25, 0.3) is 0 Å². The summed E-state index contributed by atoms with van der Waals surface area (Å²) < 4.78 is 5.23. The van der Waals surface area contributed by atoms with E-state index in [0.29, 0.717) is 29.4 Å². The van der Waals surface area contributed by atoms with Gasteiger partial charge < -0.3 is 14.7 Å². The molecule has 1 saturated heterocycles. The van der Waals surface area contributed by atoms with Gasteiger partial charge in [-0.15, -0.1) is 0 Å². The van der Waals surface area contributed by atoms with Crippen LogP contribution < -0.4 is 4.74 Å². The maximum Gasteiger partial charge on any atom is 0.307 e. The molecule has 118 valence electrons. The van der Waals surface area contributed by atoms with Crippen LogP contribution in [0.3, 0.4) is 0 Å². The Labute approximate surface area is 133 Å². The molecular weight excluding hydrogens is 306 g/mol. The second kappa shape index (κ2) is 5.47. The van der Waals surface area contributed by atoms with E-state index in [4.69, 9.17) is 21.4 Å². The van der Waals surface area contributed by atoms with E-state index in [1.165, 1.54) is 7.11 Å². The van der Waals surface area contributed by atoms with E-state index in [9.17, 15) is 9.59 Å². The number of hydrogen-bond acceptors (Lipinski definition) is 3. The largest absolute Gasteiger partial charge is 0.496 e. The average molecular weight is 324 g/mol. The number of carboxylic acid groups (broad SMARTS) is 1. The van der Waals surface area contributed by atoms with Gasteiger partial charge in [-0.3, -0.25) is 9.59 Å². The number of rotatable bonds is 3. The van der Waals surface area contributed by atoms with Gasteiger partial charge in [-0.2, -0.15) is 0 Å².